The standard InChI is InChI=1S/C10H10N2O2S/c1-11-15(13,14)10-3-2-8-4-5-12-7-9(8)6-10/h2-7H,1H3,(H-,11,13,14)/p+1. The lowest BCUT2D eigenvalue weighted by molar-refractivity contribution is 0.489. The van der Waals surface area contributed by atoms with Gasteiger partial charge in [0.15, 0.2) is 0 Å². The minimum atomic E-state index is -3.12. The smallest absolute Gasteiger partial charge is 0.264 e. The molecule has 0 radical (unpaired) electrons. The molecule has 1 heterocycles. The number of pyridine rings is 1. The van der Waals surface area contributed by atoms with Crippen molar-refractivity contribution in [1.82, 2.24) is 9.71 Å². The van der Waals surface area contributed by atoms with Gasteiger partial charge < -0.3 is 0 Å². The van der Waals surface area contributed by atoms with Gasteiger partial charge in [-0.15, -0.1) is 4.72 Å². The van der Waals surface area contributed by atoms with Crippen molar-refractivity contribution in [3.63, 3.8) is 0 Å². The van der Waals surface area contributed by atoms with Crippen molar-refractivity contribution in [2.24, 2.45) is 0 Å². The topological polar surface area (TPSA) is 62.2 Å². The molecule has 4 nitrogen and oxygen atoms in total. The molecule has 2 N–H and O–H groups in total. The molecule has 0 bridgehead atoms. The third-order valence-electron chi connectivity index (χ3n) is 2.21. The Morgan fingerprint density at radius 3 is 2.87 bits per heavy atom. The lowest BCUT2D eigenvalue weighted by Crippen LogP contribution is -2.25. The van der Waals surface area contributed by atoms with Crippen LogP contribution in [0.15, 0.2) is 41.6 Å². The molecule has 0 spiro atoms. The van der Waals surface area contributed by atoms with E-state index in [-0.39, 0.29) is 0 Å². The Morgan fingerprint density at radius 2 is 2.13 bits per heavy atom. The van der Waals surface area contributed by atoms with Crippen molar-refractivity contribution in [3.05, 3.63) is 36.7 Å². The Labute approximate surface area is 88.7 Å². The summed E-state index contributed by atoms with van der Waals surface area (Å²) >= 11 is 0. The van der Waals surface area contributed by atoms with Crippen LogP contribution < -0.4 is 4.72 Å². The molecule has 1 atom stereocenters. The summed E-state index contributed by atoms with van der Waals surface area (Å²) in [6.45, 7) is 0. The molecule has 1 aromatic carbocycles. The predicted molar refractivity (Wildman–Crippen MR) is 59.7 cm³/mol. The average Bonchev–Trinajstić information content (AvgIpc) is 2.28. The van der Waals surface area contributed by atoms with E-state index in [0.29, 0.717) is 4.90 Å². The van der Waals surface area contributed by atoms with E-state index in [0.717, 1.165) is 10.8 Å². The van der Waals surface area contributed by atoms with Crippen LogP contribution in [-0.2, 0) is 14.6 Å². The average molecular weight is 223 g/mol. The molecule has 0 saturated heterocycles. The van der Waals surface area contributed by atoms with E-state index in [1.807, 2.05) is 6.07 Å². The maximum absolute atomic E-state index is 11.6. The van der Waals surface area contributed by atoms with Crippen molar-refractivity contribution in [2.75, 3.05) is 7.05 Å². The normalized spacial score (nSPS) is 15.1. The molecular weight excluding hydrogens is 212 g/mol. The molecule has 1 unspecified atom stereocenters. The second-order valence-electron chi connectivity index (χ2n) is 3.11. The Bertz CT molecular complexity index is 542. The number of rotatable bonds is 2. The number of hydrogen-bond acceptors (Lipinski definition) is 2. The monoisotopic (exact) mass is 223 g/mol. The highest BCUT2D eigenvalue weighted by molar-refractivity contribution is 7.95. The van der Waals surface area contributed by atoms with Crippen molar-refractivity contribution >= 4 is 21.2 Å². The number of aromatic nitrogens is 1. The molecular formula is C10H11N2O2S+. The van der Waals surface area contributed by atoms with E-state index in [1.54, 1.807) is 30.6 Å². The molecule has 78 valence electrons. The molecule has 0 amide bonds. The second kappa shape index (κ2) is 3.69. The first-order chi connectivity index (χ1) is 7.13. The van der Waals surface area contributed by atoms with Gasteiger partial charge in [-0.2, -0.15) is 4.55 Å². The largest absolute Gasteiger partial charge is 0.322 e. The molecule has 2 rings (SSSR count). The van der Waals surface area contributed by atoms with Crippen molar-refractivity contribution in [1.29, 1.82) is 0 Å². The van der Waals surface area contributed by atoms with Gasteiger partial charge in [0.05, 0.1) is 0 Å². The van der Waals surface area contributed by atoms with Gasteiger partial charge in [0.2, 0.25) is 4.90 Å². The molecule has 0 saturated carbocycles. The number of fused-ring (bicyclic) bond motifs is 1. The van der Waals surface area contributed by atoms with E-state index in [1.165, 1.54) is 7.05 Å². The zero-order valence-corrected chi connectivity index (χ0v) is 8.99. The highest BCUT2D eigenvalue weighted by atomic mass is 32.3. The first kappa shape index (κ1) is 10.2. The zero-order chi connectivity index (χ0) is 10.9. The Balaban J connectivity index is 2.61. The number of benzene rings is 1. The summed E-state index contributed by atoms with van der Waals surface area (Å²) in [5, 5.41) is 1.85. The minimum Gasteiger partial charge on any atom is -0.264 e. The third-order valence-corrected chi connectivity index (χ3v) is 3.65. The van der Waals surface area contributed by atoms with Crippen molar-refractivity contribution in [3.8, 4) is 0 Å². The Hall–Kier alpha value is -1.30. The first-order valence-corrected chi connectivity index (χ1v) is 5.94. The van der Waals surface area contributed by atoms with Gasteiger partial charge in [0.25, 0.3) is 0 Å². The third kappa shape index (κ3) is 1.90. The second-order valence-corrected chi connectivity index (χ2v) is 5.05. The van der Waals surface area contributed by atoms with Gasteiger partial charge in [-0.1, -0.05) is 0 Å². The van der Waals surface area contributed by atoms with Gasteiger partial charge in [-0.3, -0.25) is 4.98 Å². The summed E-state index contributed by atoms with van der Waals surface area (Å²) in [6, 6.07) is 6.97. The fraction of sp³-hybridized carbons (Fsp3) is 0.100. The first-order valence-electron chi connectivity index (χ1n) is 4.42. The van der Waals surface area contributed by atoms with Crippen LogP contribution in [0.4, 0.5) is 0 Å². The molecule has 0 aliphatic rings. The Kier molecular flexibility index (Phi) is 2.52. The van der Waals surface area contributed by atoms with E-state index in [4.69, 9.17) is 0 Å². The van der Waals surface area contributed by atoms with E-state index in [9.17, 15) is 8.76 Å². The lowest BCUT2D eigenvalue weighted by atomic mass is 10.2. The summed E-state index contributed by atoms with van der Waals surface area (Å²) in [6.07, 6.45) is 3.36. The summed E-state index contributed by atoms with van der Waals surface area (Å²) in [4.78, 5) is 4.33. The fourth-order valence-electron chi connectivity index (χ4n) is 1.35. The van der Waals surface area contributed by atoms with Crippen LogP contribution in [-0.4, -0.2) is 16.6 Å². The molecule has 15 heavy (non-hydrogen) atoms. The lowest BCUT2D eigenvalue weighted by Gasteiger charge is -2.02. The summed E-state index contributed by atoms with van der Waals surface area (Å²) in [7, 11) is -1.66. The molecule has 5 heteroatoms. The van der Waals surface area contributed by atoms with Crippen LogP contribution in [0.2, 0.25) is 0 Å². The van der Waals surface area contributed by atoms with E-state index < -0.39 is 10.4 Å². The molecule has 0 fully saturated rings. The molecule has 0 aliphatic carbocycles. The van der Waals surface area contributed by atoms with Crippen molar-refractivity contribution < 1.29 is 8.76 Å². The molecule has 2 aromatic rings. The summed E-state index contributed by atoms with van der Waals surface area (Å²) < 4.78 is 23.6. The maximum atomic E-state index is 11.6. The van der Waals surface area contributed by atoms with Gasteiger partial charge in [-0.25, -0.2) is 0 Å². The fourth-order valence-corrected chi connectivity index (χ4v) is 2.13. The number of nitrogens with zero attached hydrogens (tertiary/aromatic N) is 1. The highest BCUT2D eigenvalue weighted by Crippen LogP contribution is 2.19. The molecule has 0 aliphatic heterocycles. The Morgan fingerprint density at radius 1 is 1.33 bits per heavy atom. The van der Waals surface area contributed by atoms with Crippen LogP contribution in [0, 0.1) is 0 Å². The maximum Gasteiger partial charge on any atom is 0.322 e. The van der Waals surface area contributed by atoms with E-state index >= 15 is 0 Å². The van der Waals surface area contributed by atoms with Gasteiger partial charge in [0, 0.05) is 30.9 Å². The summed E-state index contributed by atoms with van der Waals surface area (Å²) in [5.74, 6) is 0. The van der Waals surface area contributed by atoms with Crippen LogP contribution >= 0.6 is 0 Å². The molecule has 1 aromatic heterocycles. The van der Waals surface area contributed by atoms with Crippen LogP contribution in [0.3, 0.4) is 0 Å². The minimum absolute atomic E-state index is 0.366. The van der Waals surface area contributed by atoms with Crippen LogP contribution in [0.25, 0.3) is 10.8 Å². The number of nitrogens with one attached hydrogen (secondary N) is 1. The van der Waals surface area contributed by atoms with E-state index in [2.05, 4.69) is 9.71 Å². The van der Waals surface area contributed by atoms with Gasteiger partial charge >= 0.3 is 10.4 Å². The summed E-state index contributed by atoms with van der Waals surface area (Å²) in [5.41, 5.74) is 0. The zero-order valence-electron chi connectivity index (χ0n) is 8.18. The highest BCUT2D eigenvalue weighted by Gasteiger charge is 2.26. The SMILES string of the molecule is CN[S+](=O)(O)c1ccc2ccncc2c1. The van der Waals surface area contributed by atoms with Crippen molar-refractivity contribution in [2.45, 2.75) is 4.90 Å². The van der Waals surface area contributed by atoms with Crippen LogP contribution in [0.1, 0.15) is 0 Å². The van der Waals surface area contributed by atoms with Crippen LogP contribution in [0.5, 0.6) is 0 Å². The predicted octanol–water partition coefficient (Wildman–Crippen LogP) is 1.70. The number of hydrogen-bond donors (Lipinski definition) is 2. The quantitative estimate of drug-likeness (QED) is 0.762. The van der Waals surface area contributed by atoms with Gasteiger partial charge in [-0.05, 0) is 27.8 Å². The van der Waals surface area contributed by atoms with Gasteiger partial charge in [0.1, 0.15) is 0 Å².